The van der Waals surface area contributed by atoms with Crippen LogP contribution in [0, 0.1) is 0 Å². The van der Waals surface area contributed by atoms with Crippen molar-refractivity contribution in [3.05, 3.63) is 42.0 Å². The van der Waals surface area contributed by atoms with Gasteiger partial charge in [-0.3, -0.25) is 4.79 Å². The van der Waals surface area contributed by atoms with Crippen molar-refractivity contribution in [3.63, 3.8) is 0 Å². The summed E-state index contributed by atoms with van der Waals surface area (Å²) in [6, 6.07) is 4.97. The molecule has 0 unspecified atom stereocenters. The van der Waals surface area contributed by atoms with Crippen LogP contribution in [0.5, 0.6) is 5.75 Å². The molecule has 0 spiro atoms. The molecule has 0 fully saturated rings. The number of hydrogen-bond donors (Lipinski definition) is 2. The molecule has 0 radical (unpaired) electrons. The van der Waals surface area contributed by atoms with Crippen molar-refractivity contribution in [2.24, 2.45) is 7.05 Å². The van der Waals surface area contributed by atoms with Crippen LogP contribution >= 0.6 is 0 Å². The molecule has 1 aromatic carbocycles. The SMILES string of the molecule is COc1ccc(N)c(C(=O)NCc2nccn2C)c1. The van der Waals surface area contributed by atoms with Gasteiger partial charge in [0.1, 0.15) is 11.6 Å². The van der Waals surface area contributed by atoms with Gasteiger partial charge in [0.2, 0.25) is 0 Å². The second kappa shape index (κ2) is 5.43. The predicted molar refractivity (Wildman–Crippen MR) is 71.8 cm³/mol. The maximum atomic E-state index is 12.1. The van der Waals surface area contributed by atoms with Gasteiger partial charge in [-0.25, -0.2) is 4.98 Å². The molecule has 19 heavy (non-hydrogen) atoms. The van der Waals surface area contributed by atoms with Crippen molar-refractivity contribution >= 4 is 11.6 Å². The van der Waals surface area contributed by atoms with E-state index in [4.69, 9.17) is 10.5 Å². The zero-order valence-corrected chi connectivity index (χ0v) is 10.9. The first-order valence-corrected chi connectivity index (χ1v) is 5.79. The summed E-state index contributed by atoms with van der Waals surface area (Å²) < 4.78 is 6.92. The number of ether oxygens (including phenoxy) is 1. The van der Waals surface area contributed by atoms with Crippen LogP contribution in [0.3, 0.4) is 0 Å². The Morgan fingerprint density at radius 2 is 2.32 bits per heavy atom. The lowest BCUT2D eigenvalue weighted by atomic mass is 10.1. The van der Waals surface area contributed by atoms with Gasteiger partial charge < -0.3 is 20.4 Å². The minimum absolute atomic E-state index is 0.251. The molecule has 0 saturated heterocycles. The number of nitrogens with zero attached hydrogens (tertiary/aromatic N) is 2. The molecule has 100 valence electrons. The molecule has 3 N–H and O–H groups in total. The van der Waals surface area contributed by atoms with Gasteiger partial charge in [-0.2, -0.15) is 0 Å². The number of carbonyl (C=O) groups excluding carboxylic acids is 1. The quantitative estimate of drug-likeness (QED) is 0.801. The van der Waals surface area contributed by atoms with Gasteiger partial charge in [-0.15, -0.1) is 0 Å². The number of nitrogens with one attached hydrogen (secondary N) is 1. The lowest BCUT2D eigenvalue weighted by Crippen LogP contribution is -2.25. The third-order valence-corrected chi connectivity index (χ3v) is 2.83. The Bertz CT molecular complexity index is 592. The van der Waals surface area contributed by atoms with E-state index >= 15 is 0 Å². The van der Waals surface area contributed by atoms with E-state index in [-0.39, 0.29) is 5.91 Å². The van der Waals surface area contributed by atoms with Gasteiger partial charge >= 0.3 is 0 Å². The number of anilines is 1. The number of aryl methyl sites for hydroxylation is 1. The minimum Gasteiger partial charge on any atom is -0.497 e. The topological polar surface area (TPSA) is 82.2 Å². The molecule has 0 aliphatic carbocycles. The van der Waals surface area contributed by atoms with E-state index in [0.29, 0.717) is 23.5 Å². The molecule has 0 aliphatic rings. The maximum absolute atomic E-state index is 12.1. The van der Waals surface area contributed by atoms with Crippen molar-refractivity contribution in [3.8, 4) is 5.75 Å². The number of benzene rings is 1. The number of hydrogen-bond acceptors (Lipinski definition) is 4. The summed E-state index contributed by atoms with van der Waals surface area (Å²) >= 11 is 0. The van der Waals surface area contributed by atoms with Gasteiger partial charge in [-0.05, 0) is 18.2 Å². The van der Waals surface area contributed by atoms with E-state index in [0.717, 1.165) is 5.82 Å². The number of methoxy groups -OCH3 is 1. The maximum Gasteiger partial charge on any atom is 0.253 e. The number of nitrogen functional groups attached to an aromatic ring is 1. The van der Waals surface area contributed by atoms with E-state index in [1.807, 2.05) is 17.8 Å². The van der Waals surface area contributed by atoms with Crippen molar-refractivity contribution in [2.75, 3.05) is 12.8 Å². The summed E-state index contributed by atoms with van der Waals surface area (Å²) in [5.74, 6) is 1.12. The number of rotatable bonds is 4. The summed E-state index contributed by atoms with van der Waals surface area (Å²) in [6.07, 6.45) is 3.50. The highest BCUT2D eigenvalue weighted by Gasteiger charge is 2.11. The predicted octanol–water partition coefficient (Wildman–Crippen LogP) is 0.941. The second-order valence-corrected chi connectivity index (χ2v) is 4.09. The number of carbonyl (C=O) groups is 1. The molecular formula is C13H16N4O2. The van der Waals surface area contributed by atoms with Gasteiger partial charge in [-0.1, -0.05) is 0 Å². The van der Waals surface area contributed by atoms with E-state index in [1.54, 1.807) is 31.5 Å². The first-order valence-electron chi connectivity index (χ1n) is 5.79. The molecule has 2 aromatic rings. The highest BCUT2D eigenvalue weighted by atomic mass is 16.5. The van der Waals surface area contributed by atoms with E-state index in [1.165, 1.54) is 0 Å². The van der Waals surface area contributed by atoms with Gasteiger partial charge in [0, 0.05) is 25.1 Å². The number of amides is 1. The van der Waals surface area contributed by atoms with Crippen LogP contribution in [-0.4, -0.2) is 22.6 Å². The highest BCUT2D eigenvalue weighted by molar-refractivity contribution is 5.99. The lowest BCUT2D eigenvalue weighted by Gasteiger charge is -2.09. The Balaban J connectivity index is 2.10. The Kier molecular flexibility index (Phi) is 3.70. The summed E-state index contributed by atoms with van der Waals surface area (Å²) in [4.78, 5) is 16.2. The third kappa shape index (κ3) is 2.85. The van der Waals surface area contributed by atoms with E-state index in [2.05, 4.69) is 10.3 Å². The van der Waals surface area contributed by atoms with Gasteiger partial charge in [0.25, 0.3) is 5.91 Å². The van der Waals surface area contributed by atoms with Crippen LogP contribution in [0.25, 0.3) is 0 Å². The molecular weight excluding hydrogens is 244 g/mol. The van der Waals surface area contributed by atoms with Crippen LogP contribution < -0.4 is 15.8 Å². The van der Waals surface area contributed by atoms with Crippen LogP contribution in [-0.2, 0) is 13.6 Å². The molecule has 6 nitrogen and oxygen atoms in total. The fraction of sp³-hybridized carbons (Fsp3) is 0.231. The Hall–Kier alpha value is -2.50. The average molecular weight is 260 g/mol. The molecule has 0 saturated carbocycles. The molecule has 1 amide bonds. The lowest BCUT2D eigenvalue weighted by molar-refractivity contribution is 0.0950. The molecule has 6 heteroatoms. The zero-order valence-electron chi connectivity index (χ0n) is 10.9. The van der Waals surface area contributed by atoms with E-state index < -0.39 is 0 Å². The standard InChI is InChI=1S/C13H16N4O2/c1-17-6-5-15-12(17)8-16-13(18)10-7-9(19-2)3-4-11(10)14/h3-7H,8,14H2,1-2H3,(H,16,18). The summed E-state index contributed by atoms with van der Waals surface area (Å²) in [5, 5.41) is 2.78. The van der Waals surface area contributed by atoms with Crippen molar-refractivity contribution in [2.45, 2.75) is 6.54 Å². The highest BCUT2D eigenvalue weighted by Crippen LogP contribution is 2.19. The second-order valence-electron chi connectivity index (χ2n) is 4.09. The molecule has 1 aromatic heterocycles. The molecule has 1 heterocycles. The van der Waals surface area contributed by atoms with Gasteiger partial charge in [0.15, 0.2) is 0 Å². The van der Waals surface area contributed by atoms with E-state index in [9.17, 15) is 4.79 Å². The van der Waals surface area contributed by atoms with Crippen LogP contribution in [0.4, 0.5) is 5.69 Å². The zero-order chi connectivity index (χ0) is 13.8. The third-order valence-electron chi connectivity index (χ3n) is 2.83. The number of imidazole rings is 1. The Morgan fingerprint density at radius 1 is 1.53 bits per heavy atom. The minimum atomic E-state index is -0.251. The first kappa shape index (κ1) is 12.9. The smallest absolute Gasteiger partial charge is 0.253 e. The van der Waals surface area contributed by atoms with Crippen LogP contribution in [0.15, 0.2) is 30.6 Å². The summed E-state index contributed by atoms with van der Waals surface area (Å²) in [7, 11) is 3.41. The summed E-state index contributed by atoms with van der Waals surface area (Å²) in [6.45, 7) is 0.346. The average Bonchev–Trinajstić information content (AvgIpc) is 2.82. The Morgan fingerprint density at radius 3 is 2.95 bits per heavy atom. The first-order chi connectivity index (χ1) is 9.11. The van der Waals surface area contributed by atoms with Gasteiger partial charge in [0.05, 0.1) is 19.2 Å². The monoisotopic (exact) mass is 260 g/mol. The molecule has 0 aliphatic heterocycles. The van der Waals surface area contributed by atoms with Crippen molar-refractivity contribution in [1.82, 2.24) is 14.9 Å². The van der Waals surface area contributed by atoms with Crippen molar-refractivity contribution < 1.29 is 9.53 Å². The number of nitrogens with two attached hydrogens (primary N) is 1. The molecule has 0 bridgehead atoms. The summed E-state index contributed by atoms with van der Waals surface area (Å²) in [5.41, 5.74) is 6.60. The fourth-order valence-electron chi connectivity index (χ4n) is 1.68. The normalized spacial score (nSPS) is 10.2. The molecule has 0 atom stereocenters. The Labute approximate surface area is 111 Å². The fourth-order valence-corrected chi connectivity index (χ4v) is 1.68. The van der Waals surface area contributed by atoms with Crippen molar-refractivity contribution in [1.29, 1.82) is 0 Å². The number of aromatic nitrogens is 2. The largest absolute Gasteiger partial charge is 0.497 e. The molecule has 2 rings (SSSR count). The van der Waals surface area contributed by atoms with Crippen LogP contribution in [0.2, 0.25) is 0 Å². The van der Waals surface area contributed by atoms with Crippen LogP contribution in [0.1, 0.15) is 16.2 Å².